The molecule has 1 aliphatic heterocycles. The molecule has 1 fully saturated rings. The molecule has 114 valence electrons. The molecule has 1 unspecified atom stereocenters. The third kappa shape index (κ3) is 3.91. The van der Waals surface area contributed by atoms with Crippen molar-refractivity contribution in [1.29, 1.82) is 0 Å². The molecule has 5 nitrogen and oxygen atoms in total. The number of hydrogen-bond acceptors (Lipinski definition) is 4. The highest BCUT2D eigenvalue weighted by Gasteiger charge is 2.36. The molecule has 1 amide bonds. The summed E-state index contributed by atoms with van der Waals surface area (Å²) in [5, 5.41) is 8.92. The summed E-state index contributed by atoms with van der Waals surface area (Å²) in [5.41, 5.74) is 0. The SMILES string of the molecule is COc1ccc(SCC(=O)N2CC(C(C)C(=O)O)C2)cc1. The van der Waals surface area contributed by atoms with Gasteiger partial charge in [0.2, 0.25) is 5.91 Å². The van der Waals surface area contributed by atoms with Crippen LogP contribution < -0.4 is 4.74 Å². The number of nitrogens with zero attached hydrogens (tertiary/aromatic N) is 1. The predicted molar refractivity (Wildman–Crippen MR) is 80.6 cm³/mol. The van der Waals surface area contributed by atoms with E-state index in [0.717, 1.165) is 10.6 Å². The monoisotopic (exact) mass is 309 g/mol. The van der Waals surface area contributed by atoms with Crippen molar-refractivity contribution < 1.29 is 19.4 Å². The summed E-state index contributed by atoms with van der Waals surface area (Å²) in [4.78, 5) is 25.6. The van der Waals surface area contributed by atoms with Crippen LogP contribution in [0.4, 0.5) is 0 Å². The molecule has 0 spiro atoms. The molecule has 21 heavy (non-hydrogen) atoms. The number of carbonyl (C=O) groups is 2. The second kappa shape index (κ2) is 6.85. The third-order valence-electron chi connectivity index (χ3n) is 3.78. The summed E-state index contributed by atoms with van der Waals surface area (Å²) in [6, 6.07) is 7.56. The quantitative estimate of drug-likeness (QED) is 0.814. The van der Waals surface area contributed by atoms with E-state index in [0.29, 0.717) is 18.8 Å². The molecule has 0 radical (unpaired) electrons. The Hall–Kier alpha value is -1.69. The van der Waals surface area contributed by atoms with E-state index in [-0.39, 0.29) is 17.7 Å². The van der Waals surface area contributed by atoms with Crippen LogP contribution in [-0.2, 0) is 9.59 Å². The van der Waals surface area contributed by atoms with Crippen molar-refractivity contribution in [3.05, 3.63) is 24.3 Å². The molecule has 1 heterocycles. The number of carboxylic acids is 1. The van der Waals surface area contributed by atoms with Gasteiger partial charge >= 0.3 is 5.97 Å². The summed E-state index contributed by atoms with van der Waals surface area (Å²) in [7, 11) is 1.62. The van der Waals surface area contributed by atoms with Gasteiger partial charge in [-0.25, -0.2) is 0 Å². The molecule has 1 saturated heterocycles. The highest BCUT2D eigenvalue weighted by Crippen LogP contribution is 2.26. The van der Waals surface area contributed by atoms with Crippen molar-refractivity contribution in [3.8, 4) is 5.75 Å². The minimum absolute atomic E-state index is 0.0599. The predicted octanol–water partition coefficient (Wildman–Crippen LogP) is 1.97. The van der Waals surface area contributed by atoms with Crippen LogP contribution in [0.3, 0.4) is 0 Å². The number of thioether (sulfide) groups is 1. The average Bonchev–Trinajstić information content (AvgIpc) is 2.43. The molecule has 0 saturated carbocycles. The van der Waals surface area contributed by atoms with E-state index in [1.807, 2.05) is 24.3 Å². The average molecular weight is 309 g/mol. The van der Waals surface area contributed by atoms with Crippen molar-refractivity contribution >= 4 is 23.6 Å². The molecule has 1 aromatic rings. The van der Waals surface area contributed by atoms with Gasteiger partial charge in [-0.1, -0.05) is 6.92 Å². The number of hydrogen-bond donors (Lipinski definition) is 1. The zero-order chi connectivity index (χ0) is 15.4. The standard InChI is InChI=1S/C15H19NO4S/c1-10(15(18)19)11-7-16(8-11)14(17)9-21-13-5-3-12(20-2)4-6-13/h3-6,10-11H,7-9H2,1-2H3,(H,18,19). The third-order valence-corrected chi connectivity index (χ3v) is 4.78. The number of carbonyl (C=O) groups excluding carboxylic acids is 1. The summed E-state index contributed by atoms with van der Waals surface area (Å²) in [6.07, 6.45) is 0. The molecule has 0 bridgehead atoms. The Morgan fingerprint density at radius 3 is 2.52 bits per heavy atom. The van der Waals surface area contributed by atoms with Crippen LogP contribution in [0, 0.1) is 11.8 Å². The largest absolute Gasteiger partial charge is 0.497 e. The fourth-order valence-corrected chi connectivity index (χ4v) is 2.94. The second-order valence-electron chi connectivity index (χ2n) is 5.15. The number of rotatable bonds is 6. The van der Waals surface area contributed by atoms with Gasteiger partial charge in [0, 0.05) is 23.9 Å². The molecular formula is C15H19NO4S. The van der Waals surface area contributed by atoms with Crippen molar-refractivity contribution in [3.63, 3.8) is 0 Å². The smallest absolute Gasteiger partial charge is 0.306 e. The molecule has 1 atom stereocenters. The van der Waals surface area contributed by atoms with E-state index in [9.17, 15) is 9.59 Å². The van der Waals surface area contributed by atoms with Crippen LogP contribution in [0.2, 0.25) is 0 Å². The lowest BCUT2D eigenvalue weighted by Gasteiger charge is -2.41. The van der Waals surface area contributed by atoms with E-state index >= 15 is 0 Å². The molecule has 2 rings (SSSR count). The summed E-state index contributed by atoms with van der Waals surface area (Å²) in [5.74, 6) is 0.129. The van der Waals surface area contributed by atoms with Gasteiger partial charge in [0.05, 0.1) is 18.8 Å². The van der Waals surface area contributed by atoms with Gasteiger partial charge in [-0.05, 0) is 24.3 Å². The lowest BCUT2D eigenvalue weighted by atomic mass is 9.87. The fourth-order valence-electron chi connectivity index (χ4n) is 2.14. The van der Waals surface area contributed by atoms with Crippen molar-refractivity contribution in [1.82, 2.24) is 4.90 Å². The highest BCUT2D eigenvalue weighted by atomic mass is 32.2. The number of ether oxygens (including phenoxy) is 1. The number of amides is 1. The highest BCUT2D eigenvalue weighted by molar-refractivity contribution is 8.00. The van der Waals surface area contributed by atoms with Crippen LogP contribution in [-0.4, -0.2) is 47.8 Å². The van der Waals surface area contributed by atoms with Gasteiger partial charge in [0.15, 0.2) is 0 Å². The van der Waals surface area contributed by atoms with Crippen LogP contribution >= 0.6 is 11.8 Å². The van der Waals surface area contributed by atoms with E-state index in [4.69, 9.17) is 9.84 Å². The first-order valence-corrected chi connectivity index (χ1v) is 7.77. The minimum Gasteiger partial charge on any atom is -0.497 e. The topological polar surface area (TPSA) is 66.8 Å². The van der Waals surface area contributed by atoms with Gasteiger partial charge < -0.3 is 14.7 Å². The molecule has 1 N–H and O–H groups in total. The fraction of sp³-hybridized carbons (Fsp3) is 0.467. The Labute approximate surface area is 128 Å². The lowest BCUT2D eigenvalue weighted by molar-refractivity contribution is -0.149. The number of aliphatic carboxylic acids is 1. The van der Waals surface area contributed by atoms with Crippen LogP contribution in [0.15, 0.2) is 29.2 Å². The number of methoxy groups -OCH3 is 1. The van der Waals surface area contributed by atoms with Crippen molar-refractivity contribution in [2.75, 3.05) is 26.0 Å². The van der Waals surface area contributed by atoms with Gasteiger partial charge in [-0.15, -0.1) is 11.8 Å². The summed E-state index contributed by atoms with van der Waals surface area (Å²) < 4.78 is 5.08. The molecule has 6 heteroatoms. The first-order valence-electron chi connectivity index (χ1n) is 6.78. The number of likely N-dealkylation sites (tertiary alicyclic amines) is 1. The van der Waals surface area contributed by atoms with Crippen molar-refractivity contribution in [2.45, 2.75) is 11.8 Å². The molecule has 0 aliphatic carbocycles. The minimum atomic E-state index is -0.792. The lowest BCUT2D eigenvalue weighted by Crippen LogP contribution is -2.54. The maximum Gasteiger partial charge on any atom is 0.306 e. The Morgan fingerprint density at radius 1 is 1.38 bits per heavy atom. The van der Waals surface area contributed by atoms with E-state index in [1.165, 1.54) is 11.8 Å². The maximum absolute atomic E-state index is 12.0. The Bertz CT molecular complexity index is 511. The first kappa shape index (κ1) is 15.7. The molecule has 1 aromatic carbocycles. The number of benzene rings is 1. The Morgan fingerprint density at radius 2 is 2.00 bits per heavy atom. The first-order chi connectivity index (χ1) is 10.0. The van der Waals surface area contributed by atoms with Gasteiger partial charge in [0.25, 0.3) is 0 Å². The molecule has 0 aromatic heterocycles. The van der Waals surface area contributed by atoms with E-state index < -0.39 is 5.97 Å². The number of carboxylic acid groups (broad SMARTS) is 1. The second-order valence-corrected chi connectivity index (χ2v) is 6.20. The van der Waals surface area contributed by atoms with Crippen LogP contribution in [0.5, 0.6) is 5.75 Å². The molecule has 1 aliphatic rings. The van der Waals surface area contributed by atoms with Gasteiger partial charge in [-0.2, -0.15) is 0 Å². The van der Waals surface area contributed by atoms with Crippen molar-refractivity contribution in [2.24, 2.45) is 11.8 Å². The maximum atomic E-state index is 12.0. The zero-order valence-electron chi connectivity index (χ0n) is 12.1. The van der Waals surface area contributed by atoms with E-state index in [1.54, 1.807) is 18.9 Å². The normalized spacial score (nSPS) is 16.2. The summed E-state index contributed by atoms with van der Waals surface area (Å²) >= 11 is 1.48. The Balaban J connectivity index is 1.74. The van der Waals surface area contributed by atoms with Crippen LogP contribution in [0.1, 0.15) is 6.92 Å². The van der Waals surface area contributed by atoms with Crippen LogP contribution in [0.25, 0.3) is 0 Å². The van der Waals surface area contributed by atoms with E-state index in [2.05, 4.69) is 0 Å². The Kier molecular flexibility index (Phi) is 5.12. The molecular weight excluding hydrogens is 290 g/mol. The van der Waals surface area contributed by atoms with Gasteiger partial charge in [-0.3, -0.25) is 9.59 Å². The van der Waals surface area contributed by atoms with Gasteiger partial charge in [0.1, 0.15) is 5.75 Å². The zero-order valence-corrected chi connectivity index (χ0v) is 12.9. The summed E-state index contributed by atoms with van der Waals surface area (Å²) in [6.45, 7) is 2.80.